The molecule has 0 fully saturated rings. The molecule has 0 spiro atoms. The molecule has 0 saturated heterocycles. The van der Waals surface area contributed by atoms with Gasteiger partial charge in [0.2, 0.25) is 0 Å². The summed E-state index contributed by atoms with van der Waals surface area (Å²) in [7, 11) is 0. The van der Waals surface area contributed by atoms with Crippen molar-refractivity contribution < 1.29 is 0 Å². The van der Waals surface area contributed by atoms with E-state index in [4.69, 9.17) is 0 Å². The van der Waals surface area contributed by atoms with Crippen molar-refractivity contribution in [2.24, 2.45) is 0 Å². The predicted molar refractivity (Wildman–Crippen MR) is 142 cm³/mol. The molecular weight excluding hydrogens is 444 g/mol. The molecule has 0 saturated carbocycles. The van der Waals surface area contributed by atoms with Gasteiger partial charge in [0.25, 0.3) is 0 Å². The second-order valence-electron chi connectivity index (χ2n) is 9.18. The summed E-state index contributed by atoms with van der Waals surface area (Å²) < 4.78 is 0. The van der Waals surface area contributed by atoms with Crippen molar-refractivity contribution >= 4 is 21.8 Å². The van der Waals surface area contributed by atoms with E-state index in [1.165, 1.54) is 21.9 Å². The van der Waals surface area contributed by atoms with Crippen LogP contribution >= 0.6 is 0 Å². The average molecular weight is 469 g/mol. The molecule has 4 N–H and O–H groups in total. The number of rotatable bonds is 6. The zero-order chi connectivity index (χ0) is 23.9. The van der Waals surface area contributed by atoms with E-state index in [0.717, 1.165) is 33.8 Å². The minimum atomic E-state index is 0.00338. The number of aromatic nitrogens is 6. The molecule has 6 heteroatoms. The van der Waals surface area contributed by atoms with E-state index in [0.29, 0.717) is 0 Å². The van der Waals surface area contributed by atoms with Crippen LogP contribution in [0.2, 0.25) is 0 Å². The van der Waals surface area contributed by atoms with Crippen molar-refractivity contribution in [2.75, 3.05) is 0 Å². The summed E-state index contributed by atoms with van der Waals surface area (Å²) in [5.74, 6) is 0.0419. The van der Waals surface area contributed by atoms with E-state index in [2.05, 4.69) is 115 Å². The molecule has 7 rings (SSSR count). The lowest BCUT2D eigenvalue weighted by molar-refractivity contribution is 0.842. The quantitative estimate of drug-likeness (QED) is 0.226. The Morgan fingerprint density at radius 2 is 0.917 bits per heavy atom. The maximum Gasteiger partial charge on any atom is 0.0674 e. The third kappa shape index (κ3) is 3.51. The molecule has 0 amide bonds. The largest absolute Gasteiger partial charge is 0.358 e. The van der Waals surface area contributed by atoms with Gasteiger partial charge >= 0.3 is 0 Å². The molecule has 0 atom stereocenters. The topological polar surface area (TPSA) is 88.9 Å². The highest BCUT2D eigenvalue weighted by atomic mass is 15.1. The van der Waals surface area contributed by atoms with Crippen LogP contribution in [-0.4, -0.2) is 30.4 Å². The number of H-pyrrole nitrogens is 4. The van der Waals surface area contributed by atoms with Crippen molar-refractivity contribution in [3.05, 3.63) is 143 Å². The molecule has 0 aliphatic rings. The van der Waals surface area contributed by atoms with Crippen LogP contribution in [0, 0.1) is 0 Å². The summed E-state index contributed by atoms with van der Waals surface area (Å²) in [5, 5.41) is 17.0. The highest BCUT2D eigenvalue weighted by Crippen LogP contribution is 2.36. The van der Waals surface area contributed by atoms with Crippen molar-refractivity contribution in [1.29, 1.82) is 0 Å². The SMILES string of the molecule is c1ccc2[nH]c(C(c3ccc(C(c4ccn[nH]4)c4ccn[nH]4)cc3)c3cc4ccccc4[nH]3)cc2c1. The van der Waals surface area contributed by atoms with Crippen LogP contribution in [-0.2, 0) is 0 Å². The third-order valence-electron chi connectivity index (χ3n) is 6.99. The maximum absolute atomic E-state index is 4.18. The summed E-state index contributed by atoms with van der Waals surface area (Å²) in [6, 6.07) is 34.3. The molecular formula is C30H24N6. The molecule has 3 aromatic carbocycles. The molecule has 4 heterocycles. The average Bonchev–Trinajstić information content (AvgIpc) is 3.72. The van der Waals surface area contributed by atoms with Crippen LogP contribution in [0.1, 0.15) is 45.7 Å². The summed E-state index contributed by atoms with van der Waals surface area (Å²) in [6.45, 7) is 0. The Bertz CT molecular complexity index is 1560. The lowest BCUT2D eigenvalue weighted by atomic mass is 9.88. The number of aromatic amines is 4. The third-order valence-corrected chi connectivity index (χ3v) is 6.99. The molecule has 6 nitrogen and oxygen atoms in total. The Kier molecular flexibility index (Phi) is 4.81. The first-order valence-corrected chi connectivity index (χ1v) is 12.1. The summed E-state index contributed by atoms with van der Waals surface area (Å²) in [4.78, 5) is 7.35. The van der Waals surface area contributed by atoms with Crippen LogP contribution in [0.4, 0.5) is 0 Å². The first-order valence-electron chi connectivity index (χ1n) is 12.1. The lowest BCUT2D eigenvalue weighted by Crippen LogP contribution is -2.07. The zero-order valence-electron chi connectivity index (χ0n) is 19.4. The van der Waals surface area contributed by atoms with E-state index in [-0.39, 0.29) is 11.8 Å². The van der Waals surface area contributed by atoms with Gasteiger partial charge in [-0.05, 0) is 58.3 Å². The van der Waals surface area contributed by atoms with Crippen molar-refractivity contribution in [1.82, 2.24) is 30.4 Å². The van der Waals surface area contributed by atoms with E-state index in [1.54, 1.807) is 12.4 Å². The Morgan fingerprint density at radius 1 is 0.472 bits per heavy atom. The summed E-state index contributed by atoms with van der Waals surface area (Å²) in [5.41, 5.74) is 9.03. The summed E-state index contributed by atoms with van der Waals surface area (Å²) >= 11 is 0. The van der Waals surface area contributed by atoms with Crippen LogP contribution in [0.25, 0.3) is 21.8 Å². The highest BCUT2D eigenvalue weighted by molar-refractivity contribution is 5.82. The van der Waals surface area contributed by atoms with Gasteiger partial charge in [-0.15, -0.1) is 0 Å². The van der Waals surface area contributed by atoms with Crippen LogP contribution in [0.5, 0.6) is 0 Å². The Hall–Kier alpha value is -4.84. The van der Waals surface area contributed by atoms with Crippen molar-refractivity contribution in [3.63, 3.8) is 0 Å². The van der Waals surface area contributed by atoms with Gasteiger partial charge in [-0.1, -0.05) is 60.7 Å². The molecule has 0 aliphatic carbocycles. The minimum Gasteiger partial charge on any atom is -0.358 e. The Morgan fingerprint density at radius 3 is 1.33 bits per heavy atom. The normalized spacial score (nSPS) is 11.8. The van der Waals surface area contributed by atoms with Crippen LogP contribution < -0.4 is 0 Å². The van der Waals surface area contributed by atoms with Gasteiger partial charge in [-0.3, -0.25) is 10.2 Å². The molecule has 4 aromatic heterocycles. The van der Waals surface area contributed by atoms with Gasteiger partial charge in [-0.2, -0.15) is 10.2 Å². The maximum atomic E-state index is 4.18. The smallest absolute Gasteiger partial charge is 0.0674 e. The van der Waals surface area contributed by atoms with Gasteiger partial charge in [-0.25, -0.2) is 0 Å². The van der Waals surface area contributed by atoms with E-state index in [1.807, 2.05) is 12.1 Å². The number of para-hydroxylation sites is 2. The first-order chi connectivity index (χ1) is 17.8. The molecule has 0 aliphatic heterocycles. The van der Waals surface area contributed by atoms with Crippen LogP contribution in [0.3, 0.4) is 0 Å². The molecule has 7 aromatic rings. The monoisotopic (exact) mass is 468 g/mol. The van der Waals surface area contributed by atoms with Crippen molar-refractivity contribution in [2.45, 2.75) is 11.8 Å². The minimum absolute atomic E-state index is 0.00338. The first kappa shape index (κ1) is 20.5. The molecule has 36 heavy (non-hydrogen) atoms. The number of nitrogens with zero attached hydrogens (tertiary/aromatic N) is 2. The number of nitrogens with one attached hydrogen (secondary N) is 4. The standard InChI is InChI=1S/C30H24N6/c1-3-7-23-21(5-1)17-27(33-23)30(28-18-22-6-2-4-8-24(22)34-28)20-11-9-19(10-12-20)29(25-13-15-31-35-25)26-14-16-32-36-26/h1-18,29-30,33-34H,(H,31,35)(H,32,36). The molecule has 174 valence electrons. The van der Waals surface area contributed by atoms with E-state index >= 15 is 0 Å². The molecule has 0 bridgehead atoms. The van der Waals surface area contributed by atoms with Gasteiger partial charge in [0.05, 0.1) is 11.8 Å². The van der Waals surface area contributed by atoms with Crippen molar-refractivity contribution in [3.8, 4) is 0 Å². The Labute approximate surface area is 207 Å². The number of fused-ring (bicyclic) bond motifs is 2. The Balaban J connectivity index is 1.35. The van der Waals surface area contributed by atoms with Gasteiger partial charge in [0.1, 0.15) is 0 Å². The number of hydrogen-bond acceptors (Lipinski definition) is 2. The summed E-state index contributed by atoms with van der Waals surface area (Å²) in [6.07, 6.45) is 3.57. The van der Waals surface area contributed by atoms with Gasteiger partial charge in [0.15, 0.2) is 0 Å². The second kappa shape index (κ2) is 8.43. The fraction of sp³-hybridized carbons (Fsp3) is 0.0667. The van der Waals surface area contributed by atoms with E-state index < -0.39 is 0 Å². The molecule has 0 unspecified atom stereocenters. The van der Waals surface area contributed by atoms with Gasteiger partial charge in [0, 0.05) is 46.2 Å². The fourth-order valence-electron chi connectivity index (χ4n) is 5.29. The van der Waals surface area contributed by atoms with Crippen LogP contribution in [0.15, 0.2) is 109 Å². The predicted octanol–water partition coefficient (Wildman–Crippen LogP) is 6.46. The highest BCUT2D eigenvalue weighted by Gasteiger charge is 2.23. The second-order valence-corrected chi connectivity index (χ2v) is 9.18. The number of hydrogen-bond donors (Lipinski definition) is 4. The van der Waals surface area contributed by atoms with E-state index in [9.17, 15) is 0 Å². The number of benzene rings is 3. The molecule has 0 radical (unpaired) electrons. The lowest BCUT2D eigenvalue weighted by Gasteiger charge is -2.18. The van der Waals surface area contributed by atoms with Gasteiger partial charge < -0.3 is 9.97 Å². The fourth-order valence-corrected chi connectivity index (χ4v) is 5.29. The zero-order valence-corrected chi connectivity index (χ0v) is 19.4.